The van der Waals surface area contributed by atoms with Crippen molar-refractivity contribution in [3.63, 3.8) is 0 Å². The van der Waals surface area contributed by atoms with Crippen LogP contribution in [0.2, 0.25) is 25.7 Å². The van der Waals surface area contributed by atoms with Gasteiger partial charge in [0.25, 0.3) is 0 Å². The first kappa shape index (κ1) is 26.6. The first-order chi connectivity index (χ1) is 15.9. The minimum atomic E-state index is -3.32. The molecule has 0 radical (unpaired) electrons. The predicted molar refractivity (Wildman–Crippen MR) is 137 cm³/mol. The smallest absolute Gasteiger partial charge is 0.320 e. The summed E-state index contributed by atoms with van der Waals surface area (Å²) >= 11 is 0. The molecule has 2 amide bonds. The van der Waals surface area contributed by atoms with Crippen molar-refractivity contribution in [2.45, 2.75) is 65.1 Å². The van der Waals surface area contributed by atoms with E-state index in [1.165, 1.54) is 10.5 Å². The number of hydrogen-bond acceptors (Lipinski definition) is 6. The van der Waals surface area contributed by atoms with Crippen molar-refractivity contribution >= 4 is 41.1 Å². The fraction of sp³-hybridized carbons (Fsp3) is 0.682. The SMILES string of the molecule is CC(C)CS(=O)(=O)N1CCC[C@H](NC(=O)Nc2cnc3c(ccn3COCC[Si](C)(C)C)n2)C1. The van der Waals surface area contributed by atoms with E-state index in [0.717, 1.165) is 19.1 Å². The zero-order valence-corrected chi connectivity index (χ0v) is 22.7. The Morgan fingerprint density at radius 3 is 2.79 bits per heavy atom. The number of sulfonamides is 1. The molecule has 3 rings (SSSR count). The van der Waals surface area contributed by atoms with Crippen molar-refractivity contribution in [3.8, 4) is 0 Å². The van der Waals surface area contributed by atoms with E-state index < -0.39 is 24.1 Å². The van der Waals surface area contributed by atoms with E-state index in [-0.39, 0.29) is 24.3 Å². The Labute approximate surface area is 203 Å². The Morgan fingerprint density at radius 2 is 2.09 bits per heavy atom. The molecule has 2 aromatic rings. The summed E-state index contributed by atoms with van der Waals surface area (Å²) in [5, 5.41) is 5.59. The molecule has 0 bridgehead atoms. The second kappa shape index (κ2) is 11.1. The van der Waals surface area contributed by atoms with Crippen molar-refractivity contribution in [1.29, 1.82) is 0 Å². The van der Waals surface area contributed by atoms with Gasteiger partial charge in [0.2, 0.25) is 10.0 Å². The molecular weight excluding hydrogens is 472 g/mol. The highest BCUT2D eigenvalue weighted by Gasteiger charge is 2.30. The second-order valence-electron chi connectivity index (χ2n) is 10.6. The van der Waals surface area contributed by atoms with Crippen LogP contribution < -0.4 is 10.6 Å². The lowest BCUT2D eigenvalue weighted by molar-refractivity contribution is 0.0899. The average molecular weight is 511 g/mol. The lowest BCUT2D eigenvalue weighted by Crippen LogP contribution is -2.51. The molecule has 12 heteroatoms. The number of carbonyl (C=O) groups is 1. The van der Waals surface area contributed by atoms with Gasteiger partial charge in [0.1, 0.15) is 12.2 Å². The predicted octanol–water partition coefficient (Wildman–Crippen LogP) is 3.32. The van der Waals surface area contributed by atoms with Crippen molar-refractivity contribution < 1.29 is 17.9 Å². The van der Waals surface area contributed by atoms with E-state index in [4.69, 9.17) is 4.74 Å². The van der Waals surface area contributed by atoms with Crippen LogP contribution in [0.25, 0.3) is 11.2 Å². The van der Waals surface area contributed by atoms with Crippen molar-refractivity contribution in [1.82, 2.24) is 24.2 Å². The molecule has 2 N–H and O–H groups in total. The van der Waals surface area contributed by atoms with Gasteiger partial charge in [-0.2, -0.15) is 4.31 Å². The second-order valence-corrected chi connectivity index (χ2v) is 18.2. The molecule has 1 fully saturated rings. The molecule has 190 valence electrons. The third-order valence-electron chi connectivity index (χ3n) is 5.59. The van der Waals surface area contributed by atoms with Crippen LogP contribution in [0, 0.1) is 5.92 Å². The Morgan fingerprint density at radius 1 is 1.32 bits per heavy atom. The fourth-order valence-electron chi connectivity index (χ4n) is 3.84. The molecule has 1 aliphatic rings. The molecule has 3 heterocycles. The summed E-state index contributed by atoms with van der Waals surface area (Å²) in [4.78, 5) is 21.4. The number of urea groups is 1. The van der Waals surface area contributed by atoms with Gasteiger partial charge in [-0.25, -0.2) is 23.2 Å². The Balaban J connectivity index is 1.53. The lowest BCUT2D eigenvalue weighted by Gasteiger charge is -2.32. The van der Waals surface area contributed by atoms with E-state index in [9.17, 15) is 13.2 Å². The third-order valence-corrected chi connectivity index (χ3v) is 9.50. The number of nitrogens with zero attached hydrogens (tertiary/aromatic N) is 4. The van der Waals surface area contributed by atoms with Crippen LogP contribution in [-0.4, -0.2) is 72.9 Å². The highest BCUT2D eigenvalue weighted by Crippen LogP contribution is 2.17. The maximum absolute atomic E-state index is 12.5. The number of ether oxygens (including phenoxy) is 1. The third kappa shape index (κ3) is 7.75. The standard InChI is InChI=1S/C22H38N6O4SSi/c1-17(2)15-33(30,31)28-9-6-7-18(14-28)24-22(29)26-20-13-23-21-19(25-20)8-10-27(21)16-32-11-12-34(3,4)5/h8,10,13,17-18H,6-7,9,11-12,14-16H2,1-5H3,(H2,24,25,26,29)/t18-/m0/s1. The van der Waals surface area contributed by atoms with Gasteiger partial charge in [-0.1, -0.05) is 33.5 Å². The summed E-state index contributed by atoms with van der Waals surface area (Å²) in [6.07, 6.45) is 4.83. The van der Waals surface area contributed by atoms with Crippen LogP contribution in [0.1, 0.15) is 26.7 Å². The molecule has 10 nitrogen and oxygen atoms in total. The van der Waals surface area contributed by atoms with Crippen molar-refractivity contribution in [2.24, 2.45) is 5.92 Å². The van der Waals surface area contributed by atoms with Crippen LogP contribution in [0.5, 0.6) is 0 Å². The van der Waals surface area contributed by atoms with Crippen molar-refractivity contribution in [3.05, 3.63) is 18.5 Å². The number of aromatic nitrogens is 3. The molecule has 0 aromatic carbocycles. The maximum atomic E-state index is 12.5. The van der Waals surface area contributed by atoms with Gasteiger partial charge < -0.3 is 14.6 Å². The monoisotopic (exact) mass is 510 g/mol. The zero-order valence-electron chi connectivity index (χ0n) is 20.9. The number of hydrogen-bond donors (Lipinski definition) is 2. The van der Waals surface area contributed by atoms with Gasteiger partial charge in [0, 0.05) is 40.0 Å². The molecular formula is C22H38N6O4SSi. The number of fused-ring (bicyclic) bond motifs is 1. The Bertz CT molecular complexity index is 1080. The zero-order chi connectivity index (χ0) is 24.9. The van der Waals surface area contributed by atoms with Crippen LogP contribution >= 0.6 is 0 Å². The summed E-state index contributed by atoms with van der Waals surface area (Å²) in [5.74, 6) is 0.508. The highest BCUT2D eigenvalue weighted by atomic mass is 32.2. The highest BCUT2D eigenvalue weighted by molar-refractivity contribution is 7.89. The minimum absolute atomic E-state index is 0.0571. The van der Waals surface area contributed by atoms with E-state index in [0.29, 0.717) is 36.7 Å². The summed E-state index contributed by atoms with van der Waals surface area (Å²) < 4.78 is 34.3. The average Bonchev–Trinajstić information content (AvgIpc) is 3.12. The van der Waals surface area contributed by atoms with Gasteiger partial charge in [-0.15, -0.1) is 0 Å². The molecule has 1 saturated heterocycles. The van der Waals surface area contributed by atoms with Gasteiger partial charge in [-0.05, 0) is 30.9 Å². The van der Waals surface area contributed by atoms with E-state index in [1.807, 2.05) is 30.7 Å². The Kier molecular flexibility index (Phi) is 8.71. The van der Waals surface area contributed by atoms with Crippen molar-refractivity contribution in [2.75, 3.05) is 30.8 Å². The Hall–Kier alpha value is -2.02. The number of rotatable bonds is 10. The number of amides is 2. The molecule has 34 heavy (non-hydrogen) atoms. The number of piperidine rings is 1. The van der Waals surface area contributed by atoms with Crippen LogP contribution in [0.15, 0.2) is 18.5 Å². The topological polar surface area (TPSA) is 118 Å². The van der Waals surface area contributed by atoms with E-state index in [2.05, 4.69) is 40.2 Å². The normalized spacial score (nSPS) is 17.9. The van der Waals surface area contributed by atoms with Crippen LogP contribution in [-0.2, 0) is 21.5 Å². The molecule has 2 aromatic heterocycles. The summed E-state index contributed by atoms with van der Waals surface area (Å²) in [5.41, 5.74) is 1.35. The minimum Gasteiger partial charge on any atom is -0.361 e. The van der Waals surface area contributed by atoms with E-state index >= 15 is 0 Å². The lowest BCUT2D eigenvalue weighted by atomic mass is 10.1. The van der Waals surface area contributed by atoms with Gasteiger partial charge in [0.15, 0.2) is 11.5 Å². The van der Waals surface area contributed by atoms with Crippen LogP contribution in [0.3, 0.4) is 0 Å². The summed E-state index contributed by atoms with van der Waals surface area (Å²) in [7, 11) is -4.45. The molecule has 1 atom stereocenters. The van der Waals surface area contributed by atoms with Crippen LogP contribution in [0.4, 0.5) is 10.6 Å². The number of carbonyl (C=O) groups excluding carboxylic acids is 1. The first-order valence-electron chi connectivity index (χ1n) is 11.9. The quantitative estimate of drug-likeness (QED) is 0.374. The number of anilines is 1. The molecule has 0 saturated carbocycles. The molecule has 0 unspecified atom stereocenters. The summed E-state index contributed by atoms with van der Waals surface area (Å²) in [6, 6.07) is 2.27. The van der Waals surface area contributed by atoms with Gasteiger partial charge in [0.05, 0.1) is 11.9 Å². The largest absolute Gasteiger partial charge is 0.361 e. The van der Waals surface area contributed by atoms with Gasteiger partial charge >= 0.3 is 6.03 Å². The molecule has 0 spiro atoms. The van der Waals surface area contributed by atoms with Gasteiger partial charge in [-0.3, -0.25) is 5.32 Å². The molecule has 0 aliphatic carbocycles. The van der Waals surface area contributed by atoms with E-state index in [1.54, 1.807) is 0 Å². The summed E-state index contributed by atoms with van der Waals surface area (Å²) in [6.45, 7) is 12.6. The molecule has 1 aliphatic heterocycles. The first-order valence-corrected chi connectivity index (χ1v) is 17.2. The maximum Gasteiger partial charge on any atom is 0.320 e. The fourth-order valence-corrected chi connectivity index (χ4v) is 6.47. The number of nitrogens with one attached hydrogen (secondary N) is 2.